The summed E-state index contributed by atoms with van der Waals surface area (Å²) in [5.41, 5.74) is 0. The van der Waals surface area contributed by atoms with E-state index in [0.29, 0.717) is 19.0 Å². The van der Waals surface area contributed by atoms with Crippen LogP contribution < -0.4 is 10.6 Å². The van der Waals surface area contributed by atoms with E-state index in [4.69, 9.17) is 5.11 Å². The molecule has 0 bridgehead atoms. The maximum absolute atomic E-state index is 11.8. The predicted octanol–water partition coefficient (Wildman–Crippen LogP) is -1.90. The van der Waals surface area contributed by atoms with Gasteiger partial charge >= 0.3 is 0 Å². The third-order valence-electron chi connectivity index (χ3n) is 4.33. The minimum atomic E-state index is -1.73. The number of aliphatic hydroxyl groups excluding tert-OH is 4. The van der Waals surface area contributed by atoms with Crippen LogP contribution in [0.5, 0.6) is 0 Å². The first-order valence-electron chi connectivity index (χ1n) is 8.54. The Morgan fingerprint density at radius 2 is 2.04 bits per heavy atom. The third kappa shape index (κ3) is 6.92. The van der Waals surface area contributed by atoms with Gasteiger partial charge in [-0.3, -0.25) is 9.59 Å². The van der Waals surface area contributed by atoms with Crippen molar-refractivity contribution in [2.24, 2.45) is 0 Å². The summed E-state index contributed by atoms with van der Waals surface area (Å²) in [7, 11) is 0. The SMILES string of the molecule is CC1CCC(=O)C(CCCCNCC(=O)C(O)C(O)C(O)CO)N1. The van der Waals surface area contributed by atoms with Gasteiger partial charge in [0, 0.05) is 12.5 Å². The standard InChI is InChI=1S/C16H30N2O6/c1-10-5-6-12(20)11(18-10)4-2-3-7-17-8-13(21)15(23)16(24)14(22)9-19/h10-11,14-19,22-24H,2-9H2,1H3. The van der Waals surface area contributed by atoms with Crippen molar-refractivity contribution in [3.05, 3.63) is 0 Å². The molecular formula is C16H30N2O6. The predicted molar refractivity (Wildman–Crippen MR) is 87.5 cm³/mol. The molecule has 8 heteroatoms. The van der Waals surface area contributed by atoms with Gasteiger partial charge in [-0.1, -0.05) is 6.42 Å². The van der Waals surface area contributed by atoms with E-state index in [-0.39, 0.29) is 18.4 Å². The van der Waals surface area contributed by atoms with E-state index in [9.17, 15) is 24.9 Å². The number of hydrogen-bond acceptors (Lipinski definition) is 8. The number of carbonyl (C=O) groups is 2. The second-order valence-electron chi connectivity index (χ2n) is 6.45. The molecule has 1 saturated heterocycles. The van der Waals surface area contributed by atoms with Crippen LogP contribution in [-0.2, 0) is 9.59 Å². The summed E-state index contributed by atoms with van der Waals surface area (Å²) in [5.74, 6) is -0.385. The first-order valence-corrected chi connectivity index (χ1v) is 8.54. The van der Waals surface area contributed by atoms with Gasteiger partial charge in [-0.15, -0.1) is 0 Å². The van der Waals surface area contributed by atoms with Gasteiger partial charge in [0.1, 0.15) is 24.1 Å². The molecule has 8 nitrogen and oxygen atoms in total. The Labute approximate surface area is 142 Å². The lowest BCUT2D eigenvalue weighted by atomic mass is 9.94. The monoisotopic (exact) mass is 346 g/mol. The molecule has 5 unspecified atom stereocenters. The van der Waals surface area contributed by atoms with Gasteiger partial charge in [-0.05, 0) is 32.7 Å². The summed E-state index contributed by atoms with van der Waals surface area (Å²) in [6, 6.07) is 0.290. The largest absolute Gasteiger partial charge is 0.394 e. The van der Waals surface area contributed by atoms with Gasteiger partial charge in [0.2, 0.25) is 0 Å². The van der Waals surface area contributed by atoms with Crippen molar-refractivity contribution in [2.75, 3.05) is 19.7 Å². The van der Waals surface area contributed by atoms with Crippen molar-refractivity contribution in [1.82, 2.24) is 10.6 Å². The molecule has 1 aliphatic rings. The van der Waals surface area contributed by atoms with E-state index >= 15 is 0 Å². The Morgan fingerprint density at radius 3 is 2.71 bits per heavy atom. The fraction of sp³-hybridized carbons (Fsp3) is 0.875. The number of piperidine rings is 1. The van der Waals surface area contributed by atoms with Gasteiger partial charge in [-0.2, -0.15) is 0 Å². The van der Waals surface area contributed by atoms with E-state index in [1.165, 1.54) is 0 Å². The van der Waals surface area contributed by atoms with E-state index in [0.717, 1.165) is 25.7 Å². The smallest absolute Gasteiger partial charge is 0.177 e. The molecule has 5 atom stereocenters. The zero-order valence-electron chi connectivity index (χ0n) is 14.1. The lowest BCUT2D eigenvalue weighted by Crippen LogP contribution is -2.47. The molecule has 0 amide bonds. The number of unbranched alkanes of at least 4 members (excludes halogenated alkanes) is 1. The van der Waals surface area contributed by atoms with E-state index < -0.39 is 30.7 Å². The normalized spacial score (nSPS) is 25.3. The Balaban J connectivity index is 2.13. The summed E-state index contributed by atoms with van der Waals surface area (Å²) in [5, 5.41) is 43.0. The summed E-state index contributed by atoms with van der Waals surface area (Å²) in [4.78, 5) is 23.4. The molecule has 1 fully saturated rings. The van der Waals surface area contributed by atoms with Gasteiger partial charge < -0.3 is 31.1 Å². The van der Waals surface area contributed by atoms with Crippen molar-refractivity contribution in [2.45, 2.75) is 69.4 Å². The minimum absolute atomic E-state index is 0.0766. The summed E-state index contributed by atoms with van der Waals surface area (Å²) >= 11 is 0. The molecule has 0 saturated carbocycles. The molecule has 1 heterocycles. The van der Waals surface area contributed by atoms with Crippen molar-refractivity contribution >= 4 is 11.6 Å². The zero-order valence-corrected chi connectivity index (χ0v) is 14.1. The highest BCUT2D eigenvalue weighted by atomic mass is 16.4. The van der Waals surface area contributed by atoms with Crippen LogP contribution in [0.1, 0.15) is 39.0 Å². The van der Waals surface area contributed by atoms with Crippen LogP contribution in [0, 0.1) is 0 Å². The second-order valence-corrected chi connectivity index (χ2v) is 6.45. The quantitative estimate of drug-likeness (QED) is 0.239. The number of rotatable bonds is 11. The Morgan fingerprint density at radius 1 is 1.33 bits per heavy atom. The van der Waals surface area contributed by atoms with Crippen LogP contribution in [-0.4, -0.2) is 82.1 Å². The highest BCUT2D eigenvalue weighted by Crippen LogP contribution is 2.13. The van der Waals surface area contributed by atoms with Crippen LogP contribution in [0.2, 0.25) is 0 Å². The fourth-order valence-electron chi connectivity index (χ4n) is 2.72. The summed E-state index contributed by atoms with van der Waals surface area (Å²) in [6.45, 7) is 1.76. The first-order chi connectivity index (χ1) is 11.4. The Bertz CT molecular complexity index is 406. The topological polar surface area (TPSA) is 139 Å². The molecule has 0 aromatic carbocycles. The minimum Gasteiger partial charge on any atom is -0.394 e. The maximum Gasteiger partial charge on any atom is 0.177 e. The van der Waals surface area contributed by atoms with Crippen molar-refractivity contribution in [1.29, 1.82) is 0 Å². The summed E-state index contributed by atoms with van der Waals surface area (Å²) < 4.78 is 0. The molecule has 0 aromatic heterocycles. The van der Waals surface area contributed by atoms with Gasteiger partial charge in [0.05, 0.1) is 19.2 Å². The number of aliphatic hydroxyl groups is 4. The van der Waals surface area contributed by atoms with Crippen LogP contribution in [0.15, 0.2) is 0 Å². The highest BCUT2D eigenvalue weighted by Gasteiger charge is 2.29. The average molecular weight is 346 g/mol. The first kappa shape index (κ1) is 21.1. The molecule has 0 radical (unpaired) electrons. The molecule has 0 aliphatic carbocycles. The lowest BCUT2D eigenvalue weighted by Gasteiger charge is -2.27. The van der Waals surface area contributed by atoms with Crippen LogP contribution in [0.25, 0.3) is 0 Å². The summed E-state index contributed by atoms with van der Waals surface area (Å²) in [6.07, 6.45) is -1.07. The molecule has 24 heavy (non-hydrogen) atoms. The molecule has 0 aromatic rings. The van der Waals surface area contributed by atoms with Gasteiger partial charge in [0.15, 0.2) is 5.78 Å². The second kappa shape index (κ2) is 10.9. The van der Waals surface area contributed by atoms with Gasteiger partial charge in [0.25, 0.3) is 0 Å². The van der Waals surface area contributed by atoms with Gasteiger partial charge in [-0.25, -0.2) is 0 Å². The Kier molecular flexibility index (Phi) is 9.57. The van der Waals surface area contributed by atoms with Crippen molar-refractivity contribution in [3.63, 3.8) is 0 Å². The van der Waals surface area contributed by atoms with Crippen LogP contribution >= 0.6 is 0 Å². The number of nitrogens with one attached hydrogen (secondary N) is 2. The van der Waals surface area contributed by atoms with Crippen molar-refractivity contribution in [3.8, 4) is 0 Å². The number of ketones is 2. The van der Waals surface area contributed by atoms with Crippen molar-refractivity contribution < 1.29 is 30.0 Å². The number of hydrogen-bond donors (Lipinski definition) is 6. The van der Waals surface area contributed by atoms with Crippen LogP contribution in [0.4, 0.5) is 0 Å². The lowest BCUT2D eigenvalue weighted by molar-refractivity contribution is -0.139. The van der Waals surface area contributed by atoms with E-state index in [2.05, 4.69) is 17.6 Å². The molecule has 140 valence electrons. The third-order valence-corrected chi connectivity index (χ3v) is 4.33. The molecular weight excluding hydrogens is 316 g/mol. The van der Waals surface area contributed by atoms with E-state index in [1.807, 2.05) is 0 Å². The molecule has 6 N–H and O–H groups in total. The van der Waals surface area contributed by atoms with E-state index in [1.54, 1.807) is 0 Å². The zero-order chi connectivity index (χ0) is 18.1. The Hall–Kier alpha value is -0.900. The van der Waals surface area contributed by atoms with Crippen LogP contribution in [0.3, 0.4) is 0 Å². The maximum atomic E-state index is 11.8. The molecule has 1 rings (SSSR count). The molecule has 1 aliphatic heterocycles. The highest BCUT2D eigenvalue weighted by molar-refractivity contribution is 5.85. The average Bonchev–Trinajstić information content (AvgIpc) is 2.58. The number of Topliss-reactive ketones (excluding diaryl/α,β-unsaturated/α-hetero) is 2. The fourth-order valence-corrected chi connectivity index (χ4v) is 2.72. The molecule has 0 spiro atoms. The number of carbonyl (C=O) groups excluding carboxylic acids is 2.